The van der Waals surface area contributed by atoms with Gasteiger partial charge in [0.15, 0.2) is 5.82 Å². The Hall–Kier alpha value is -1.66. The Morgan fingerprint density at radius 2 is 2.00 bits per heavy atom. The third kappa shape index (κ3) is 2.38. The van der Waals surface area contributed by atoms with E-state index >= 15 is 0 Å². The summed E-state index contributed by atoms with van der Waals surface area (Å²) < 4.78 is 27.8. The molecule has 0 saturated carbocycles. The number of piperidine rings is 1. The van der Waals surface area contributed by atoms with Crippen LogP contribution in [0, 0.1) is 11.6 Å². The van der Waals surface area contributed by atoms with Crippen molar-refractivity contribution in [1.29, 1.82) is 0 Å². The molecule has 1 amide bonds. The highest BCUT2D eigenvalue weighted by atomic mass is 35.5. The molecule has 3 N–H and O–H groups in total. The number of carbonyl (C=O) groups is 1. The first-order chi connectivity index (χ1) is 9.99. The van der Waals surface area contributed by atoms with Gasteiger partial charge in [-0.2, -0.15) is 0 Å². The van der Waals surface area contributed by atoms with Gasteiger partial charge in [-0.15, -0.1) is 0 Å². The second kappa shape index (κ2) is 5.27. The largest absolute Gasteiger partial charge is 0.348 e. The summed E-state index contributed by atoms with van der Waals surface area (Å²) in [7, 11) is 0. The summed E-state index contributed by atoms with van der Waals surface area (Å²) in [6, 6.07) is 2.57. The maximum absolute atomic E-state index is 14.4. The number of hydrogen-bond acceptors (Lipinski definition) is 2. The van der Waals surface area contributed by atoms with Gasteiger partial charge in [-0.3, -0.25) is 4.79 Å². The molecule has 112 valence electrons. The standard InChI is InChI=1S/C14H14ClF2N3O/c15-11-8(16)1-2-9-10(11)12(17)13(19-9)14(21)20-5-3-7(18)4-6-20/h1-2,7,19H,3-6,18H2. The van der Waals surface area contributed by atoms with E-state index in [0.717, 1.165) is 6.07 Å². The van der Waals surface area contributed by atoms with Crippen LogP contribution in [0.4, 0.5) is 8.78 Å². The van der Waals surface area contributed by atoms with Crippen molar-refractivity contribution in [2.24, 2.45) is 5.73 Å². The molecule has 1 saturated heterocycles. The highest BCUT2D eigenvalue weighted by Crippen LogP contribution is 2.31. The van der Waals surface area contributed by atoms with E-state index in [2.05, 4.69) is 4.98 Å². The quantitative estimate of drug-likeness (QED) is 0.850. The zero-order valence-corrected chi connectivity index (χ0v) is 11.9. The summed E-state index contributed by atoms with van der Waals surface area (Å²) in [5.74, 6) is -1.98. The maximum Gasteiger partial charge on any atom is 0.273 e. The summed E-state index contributed by atoms with van der Waals surface area (Å²) in [6.07, 6.45) is 1.37. The van der Waals surface area contributed by atoms with Gasteiger partial charge < -0.3 is 15.6 Å². The lowest BCUT2D eigenvalue weighted by Crippen LogP contribution is -2.43. The SMILES string of the molecule is NC1CCN(C(=O)c2[nH]c3ccc(F)c(Cl)c3c2F)CC1. The van der Waals surface area contributed by atoms with E-state index in [4.69, 9.17) is 17.3 Å². The number of benzene rings is 1. The number of H-pyrrole nitrogens is 1. The van der Waals surface area contributed by atoms with Crippen molar-refractivity contribution in [3.63, 3.8) is 0 Å². The molecule has 0 bridgehead atoms. The van der Waals surface area contributed by atoms with Crippen molar-refractivity contribution < 1.29 is 13.6 Å². The minimum absolute atomic E-state index is 0.0742. The molecule has 3 rings (SSSR count). The van der Waals surface area contributed by atoms with Gasteiger partial charge in [0.1, 0.15) is 11.5 Å². The number of rotatable bonds is 1. The van der Waals surface area contributed by atoms with Gasteiger partial charge in [0, 0.05) is 19.1 Å². The van der Waals surface area contributed by atoms with Crippen LogP contribution in [0.1, 0.15) is 23.3 Å². The second-order valence-electron chi connectivity index (χ2n) is 5.23. The average molecular weight is 314 g/mol. The van der Waals surface area contributed by atoms with E-state index in [9.17, 15) is 13.6 Å². The molecule has 1 fully saturated rings. The van der Waals surface area contributed by atoms with Crippen LogP contribution in [0.2, 0.25) is 5.02 Å². The van der Waals surface area contributed by atoms with Gasteiger partial charge in [0.05, 0.1) is 15.9 Å². The molecule has 0 aliphatic carbocycles. The predicted molar refractivity (Wildman–Crippen MR) is 76.3 cm³/mol. The number of nitrogens with one attached hydrogen (secondary N) is 1. The van der Waals surface area contributed by atoms with Crippen molar-refractivity contribution in [2.75, 3.05) is 13.1 Å². The molecule has 1 aliphatic rings. The maximum atomic E-state index is 14.4. The first-order valence-electron chi connectivity index (χ1n) is 6.69. The molecule has 0 spiro atoms. The lowest BCUT2D eigenvalue weighted by atomic mass is 10.1. The fourth-order valence-corrected chi connectivity index (χ4v) is 2.84. The molecule has 1 aromatic heterocycles. The van der Waals surface area contributed by atoms with Gasteiger partial charge in [0.2, 0.25) is 0 Å². The van der Waals surface area contributed by atoms with Crippen molar-refractivity contribution in [1.82, 2.24) is 9.88 Å². The number of hydrogen-bond donors (Lipinski definition) is 2. The van der Waals surface area contributed by atoms with Crippen LogP contribution in [0.25, 0.3) is 10.9 Å². The third-order valence-electron chi connectivity index (χ3n) is 3.83. The zero-order chi connectivity index (χ0) is 15.1. The molecule has 7 heteroatoms. The van der Waals surface area contributed by atoms with Gasteiger partial charge in [-0.05, 0) is 25.0 Å². The molecule has 2 aromatic rings. The van der Waals surface area contributed by atoms with Crippen LogP contribution < -0.4 is 5.73 Å². The summed E-state index contributed by atoms with van der Waals surface area (Å²) in [5.41, 5.74) is 5.90. The molecule has 21 heavy (non-hydrogen) atoms. The number of carbonyl (C=O) groups excluding carboxylic acids is 1. The molecule has 2 heterocycles. The molecule has 1 aromatic carbocycles. The van der Waals surface area contributed by atoms with E-state index in [-0.39, 0.29) is 22.1 Å². The Kier molecular flexibility index (Phi) is 3.59. The van der Waals surface area contributed by atoms with Crippen LogP contribution in [0.3, 0.4) is 0 Å². The number of aromatic nitrogens is 1. The van der Waals surface area contributed by atoms with Gasteiger partial charge in [-0.25, -0.2) is 8.78 Å². The third-order valence-corrected chi connectivity index (χ3v) is 4.20. The van der Waals surface area contributed by atoms with E-state index in [1.54, 1.807) is 4.90 Å². The zero-order valence-electron chi connectivity index (χ0n) is 11.1. The monoisotopic (exact) mass is 313 g/mol. The molecular formula is C14H14ClF2N3O. The predicted octanol–water partition coefficient (Wildman–Crippen LogP) is 2.66. The number of nitrogens with two attached hydrogens (primary N) is 1. The molecular weight excluding hydrogens is 300 g/mol. The molecule has 4 nitrogen and oxygen atoms in total. The van der Waals surface area contributed by atoms with E-state index in [0.29, 0.717) is 31.4 Å². The number of nitrogens with zero attached hydrogens (tertiary/aromatic N) is 1. The van der Waals surface area contributed by atoms with Gasteiger partial charge >= 0.3 is 0 Å². The fraction of sp³-hybridized carbons (Fsp3) is 0.357. The van der Waals surface area contributed by atoms with Crippen LogP contribution in [-0.4, -0.2) is 34.9 Å². The second-order valence-corrected chi connectivity index (χ2v) is 5.61. The smallest absolute Gasteiger partial charge is 0.273 e. The highest BCUT2D eigenvalue weighted by molar-refractivity contribution is 6.35. The topological polar surface area (TPSA) is 62.1 Å². The van der Waals surface area contributed by atoms with E-state index < -0.39 is 17.5 Å². The Labute approximate surface area is 124 Å². The highest BCUT2D eigenvalue weighted by Gasteiger charge is 2.27. The Bertz CT molecular complexity index is 708. The van der Waals surface area contributed by atoms with Crippen molar-refractivity contribution in [2.45, 2.75) is 18.9 Å². The number of amides is 1. The molecule has 0 radical (unpaired) electrons. The lowest BCUT2D eigenvalue weighted by Gasteiger charge is -2.29. The summed E-state index contributed by atoms with van der Waals surface area (Å²) in [4.78, 5) is 16.6. The fourth-order valence-electron chi connectivity index (χ4n) is 2.59. The summed E-state index contributed by atoms with van der Waals surface area (Å²) in [6.45, 7) is 0.966. The summed E-state index contributed by atoms with van der Waals surface area (Å²) in [5, 5.41) is -0.408. The van der Waals surface area contributed by atoms with Crippen LogP contribution in [0.15, 0.2) is 12.1 Å². The normalized spacial score (nSPS) is 16.7. The molecule has 1 aliphatic heterocycles. The number of likely N-dealkylation sites (tertiary alicyclic amines) is 1. The van der Waals surface area contributed by atoms with Crippen LogP contribution in [-0.2, 0) is 0 Å². The van der Waals surface area contributed by atoms with Crippen molar-refractivity contribution >= 4 is 28.4 Å². The first kappa shape index (κ1) is 14.3. The van der Waals surface area contributed by atoms with Crippen LogP contribution >= 0.6 is 11.6 Å². The van der Waals surface area contributed by atoms with E-state index in [1.807, 2.05) is 0 Å². The number of halogens is 3. The Morgan fingerprint density at radius 1 is 1.33 bits per heavy atom. The van der Waals surface area contributed by atoms with Gasteiger partial charge in [-0.1, -0.05) is 11.6 Å². The minimum atomic E-state index is -0.811. The molecule has 0 unspecified atom stereocenters. The number of aromatic amines is 1. The minimum Gasteiger partial charge on any atom is -0.348 e. The van der Waals surface area contributed by atoms with Crippen molar-refractivity contribution in [3.05, 3.63) is 34.5 Å². The average Bonchev–Trinajstić information content (AvgIpc) is 2.81. The van der Waals surface area contributed by atoms with Crippen LogP contribution in [0.5, 0.6) is 0 Å². The Balaban J connectivity index is 1.99. The van der Waals surface area contributed by atoms with Gasteiger partial charge in [0.25, 0.3) is 5.91 Å². The van der Waals surface area contributed by atoms with Crippen molar-refractivity contribution in [3.8, 4) is 0 Å². The Morgan fingerprint density at radius 3 is 2.67 bits per heavy atom. The molecule has 0 atom stereocenters. The lowest BCUT2D eigenvalue weighted by molar-refractivity contribution is 0.0705. The summed E-state index contributed by atoms with van der Waals surface area (Å²) >= 11 is 5.78. The van der Waals surface area contributed by atoms with E-state index in [1.165, 1.54) is 6.07 Å². The number of fused-ring (bicyclic) bond motifs is 1. The first-order valence-corrected chi connectivity index (χ1v) is 7.07.